The van der Waals surface area contributed by atoms with Crippen molar-refractivity contribution < 1.29 is 4.18 Å². The van der Waals surface area contributed by atoms with Crippen LogP contribution in [0.4, 0.5) is 0 Å². The van der Waals surface area contributed by atoms with Gasteiger partial charge in [0.25, 0.3) is 0 Å². The van der Waals surface area contributed by atoms with Gasteiger partial charge in [0, 0.05) is 0 Å². The van der Waals surface area contributed by atoms with Gasteiger partial charge in [0.1, 0.15) is 0 Å². The summed E-state index contributed by atoms with van der Waals surface area (Å²) in [6.07, 6.45) is 3.60. The molecule has 0 amide bonds. The molecule has 1 nitrogen and oxygen atoms in total. The van der Waals surface area contributed by atoms with Gasteiger partial charge in [-0.1, -0.05) is 0 Å². The topological polar surface area (TPSA) is 9.23 Å². The molecular weight excluding hydrogens is 116 g/mol. The summed E-state index contributed by atoms with van der Waals surface area (Å²) >= 11 is 4.75. The third-order valence-electron chi connectivity index (χ3n) is 0.491. The zero-order chi connectivity index (χ0) is 4.41. The summed E-state index contributed by atoms with van der Waals surface area (Å²) in [5.41, 5.74) is 0. The molecule has 0 bridgehead atoms. The van der Waals surface area contributed by atoms with Crippen LogP contribution in [0.15, 0.2) is 12.3 Å². The number of hydrogen-bond acceptors (Lipinski definition) is 2. The van der Waals surface area contributed by atoms with E-state index in [4.69, 9.17) is 15.4 Å². The van der Waals surface area contributed by atoms with Crippen molar-refractivity contribution in [2.75, 3.05) is 5.75 Å². The maximum absolute atomic E-state index is 4.81. The van der Waals surface area contributed by atoms with Gasteiger partial charge in [-0.15, -0.1) is 0 Å². The molecule has 0 saturated heterocycles. The van der Waals surface area contributed by atoms with E-state index >= 15 is 0 Å². The van der Waals surface area contributed by atoms with E-state index in [2.05, 4.69) is 0 Å². The van der Waals surface area contributed by atoms with E-state index in [1.54, 1.807) is 6.26 Å². The van der Waals surface area contributed by atoms with Crippen LogP contribution in [0.25, 0.3) is 0 Å². The molecular formula is C3H4OS2. The maximum Gasteiger partial charge on any atom is 0.0983 e. The molecule has 0 saturated carbocycles. The normalized spacial score (nSPS) is 30.3. The van der Waals surface area contributed by atoms with Crippen LogP contribution in [0, 0.1) is 0 Å². The Labute approximate surface area is 43.8 Å². The minimum Gasteiger partial charge on any atom is -0.431 e. The van der Waals surface area contributed by atoms with Crippen molar-refractivity contribution in [1.29, 1.82) is 0 Å². The monoisotopic (exact) mass is 120 g/mol. The van der Waals surface area contributed by atoms with Gasteiger partial charge in [0.2, 0.25) is 0 Å². The molecule has 0 N–H and O–H groups in total. The summed E-state index contributed by atoms with van der Waals surface area (Å²) in [7, 11) is -0.201. The lowest BCUT2D eigenvalue weighted by molar-refractivity contribution is 0.573. The second kappa shape index (κ2) is 1.71. The third-order valence-corrected chi connectivity index (χ3v) is 1.93. The summed E-state index contributed by atoms with van der Waals surface area (Å²) < 4.78 is 4.81. The fourth-order valence-electron chi connectivity index (χ4n) is 0.258. The summed E-state index contributed by atoms with van der Waals surface area (Å²) in [5, 5.41) is 0. The molecule has 1 aliphatic heterocycles. The van der Waals surface area contributed by atoms with E-state index < -0.39 is 0 Å². The molecule has 0 aromatic heterocycles. The summed E-state index contributed by atoms with van der Waals surface area (Å²) in [6.45, 7) is 0. The first-order valence-electron chi connectivity index (χ1n) is 1.60. The van der Waals surface area contributed by atoms with Gasteiger partial charge in [-0.2, -0.15) is 0 Å². The standard InChI is InChI=1S/C3H4OS2/c5-6-3-1-2-4-6/h1-2H,3H2. The van der Waals surface area contributed by atoms with Crippen LogP contribution in [0.2, 0.25) is 0 Å². The van der Waals surface area contributed by atoms with Crippen molar-refractivity contribution in [1.82, 2.24) is 0 Å². The largest absolute Gasteiger partial charge is 0.431 e. The van der Waals surface area contributed by atoms with Crippen LogP contribution < -0.4 is 0 Å². The first kappa shape index (κ1) is 4.27. The molecule has 0 aliphatic carbocycles. The predicted octanol–water partition coefficient (Wildman–Crippen LogP) is 0.525. The smallest absolute Gasteiger partial charge is 0.0983 e. The maximum atomic E-state index is 4.81. The zero-order valence-corrected chi connectivity index (χ0v) is 4.72. The molecule has 1 unspecified atom stereocenters. The zero-order valence-electron chi connectivity index (χ0n) is 3.09. The van der Waals surface area contributed by atoms with Crippen molar-refractivity contribution >= 4 is 20.9 Å². The summed E-state index contributed by atoms with van der Waals surface area (Å²) in [6, 6.07) is 0. The molecule has 1 atom stereocenters. The fraction of sp³-hybridized carbons (Fsp3) is 0.333. The molecule has 1 heterocycles. The lowest BCUT2D eigenvalue weighted by Gasteiger charge is -1.85. The van der Waals surface area contributed by atoms with E-state index in [-0.39, 0.29) is 9.74 Å². The van der Waals surface area contributed by atoms with Crippen molar-refractivity contribution in [3.63, 3.8) is 0 Å². The second-order valence-electron chi connectivity index (χ2n) is 0.938. The van der Waals surface area contributed by atoms with Gasteiger partial charge in [-0.25, -0.2) is 0 Å². The van der Waals surface area contributed by atoms with E-state index in [0.29, 0.717) is 0 Å². The quantitative estimate of drug-likeness (QED) is 0.461. The highest BCUT2D eigenvalue weighted by atomic mass is 32.8. The highest BCUT2D eigenvalue weighted by Crippen LogP contribution is 1.96. The van der Waals surface area contributed by atoms with Crippen molar-refractivity contribution in [3.8, 4) is 0 Å². The Bertz CT molecular complexity index is 87.0. The van der Waals surface area contributed by atoms with Crippen LogP contribution in [-0.4, -0.2) is 5.75 Å². The second-order valence-corrected chi connectivity index (χ2v) is 3.19. The number of hydrogen-bond donors (Lipinski definition) is 0. The van der Waals surface area contributed by atoms with Gasteiger partial charge < -0.3 is 4.18 Å². The summed E-state index contributed by atoms with van der Waals surface area (Å²) in [5.74, 6) is 0.926. The minimum absolute atomic E-state index is 0.201. The van der Waals surface area contributed by atoms with Crippen LogP contribution in [0.3, 0.4) is 0 Å². The minimum atomic E-state index is -0.201. The Morgan fingerprint density at radius 2 is 2.67 bits per heavy atom. The molecule has 3 heteroatoms. The SMILES string of the molecule is S=S1CC=CO1. The van der Waals surface area contributed by atoms with Crippen molar-refractivity contribution in [2.45, 2.75) is 0 Å². The van der Waals surface area contributed by atoms with Crippen molar-refractivity contribution in [3.05, 3.63) is 12.3 Å². The fourth-order valence-corrected chi connectivity index (χ4v) is 1.15. The molecule has 1 aliphatic rings. The lowest BCUT2D eigenvalue weighted by atomic mass is 10.7. The lowest BCUT2D eigenvalue weighted by Crippen LogP contribution is -1.81. The predicted molar refractivity (Wildman–Crippen MR) is 29.8 cm³/mol. The van der Waals surface area contributed by atoms with Gasteiger partial charge in [-0.3, -0.25) is 0 Å². The Hall–Kier alpha value is 0.110. The summed E-state index contributed by atoms with van der Waals surface area (Å²) in [4.78, 5) is 0. The Kier molecular flexibility index (Phi) is 1.22. The molecule has 0 spiro atoms. The average molecular weight is 120 g/mol. The number of rotatable bonds is 0. The van der Waals surface area contributed by atoms with Crippen LogP contribution in [0.5, 0.6) is 0 Å². The molecule has 0 fully saturated rings. The first-order valence-corrected chi connectivity index (χ1v) is 3.84. The van der Waals surface area contributed by atoms with Gasteiger partial charge >= 0.3 is 0 Å². The van der Waals surface area contributed by atoms with E-state index in [9.17, 15) is 0 Å². The Balaban J connectivity index is 2.52. The molecule has 34 valence electrons. The highest BCUT2D eigenvalue weighted by Gasteiger charge is 1.93. The molecule has 0 radical (unpaired) electrons. The Morgan fingerprint density at radius 1 is 1.83 bits per heavy atom. The molecule has 0 aromatic carbocycles. The highest BCUT2D eigenvalue weighted by molar-refractivity contribution is 8.26. The van der Waals surface area contributed by atoms with Crippen LogP contribution in [0.1, 0.15) is 0 Å². The van der Waals surface area contributed by atoms with Crippen molar-refractivity contribution in [2.24, 2.45) is 0 Å². The molecule has 1 rings (SSSR count). The van der Waals surface area contributed by atoms with E-state index in [1.807, 2.05) is 6.08 Å². The molecule has 6 heavy (non-hydrogen) atoms. The van der Waals surface area contributed by atoms with E-state index in [0.717, 1.165) is 5.75 Å². The van der Waals surface area contributed by atoms with Crippen LogP contribution >= 0.6 is 0 Å². The van der Waals surface area contributed by atoms with Crippen LogP contribution in [-0.2, 0) is 25.1 Å². The van der Waals surface area contributed by atoms with Gasteiger partial charge in [0.05, 0.1) is 21.8 Å². The third kappa shape index (κ3) is 0.786. The average Bonchev–Trinajstić information content (AvgIpc) is 1.86. The molecule has 0 aromatic rings. The van der Waals surface area contributed by atoms with Gasteiger partial charge in [0.15, 0.2) is 0 Å². The first-order chi connectivity index (χ1) is 2.89. The van der Waals surface area contributed by atoms with E-state index in [1.165, 1.54) is 0 Å². The van der Waals surface area contributed by atoms with Gasteiger partial charge in [-0.05, 0) is 17.3 Å². The Morgan fingerprint density at radius 3 is 2.83 bits per heavy atom.